The number of hydrogen-bond donors (Lipinski definition) is 3. The molecule has 102 valence electrons. The Hall–Kier alpha value is -1.25. The van der Waals surface area contributed by atoms with Crippen molar-refractivity contribution in [3.05, 3.63) is 24.3 Å². The lowest BCUT2D eigenvalue weighted by Crippen LogP contribution is -2.28. The number of alkyl halides is 2. The second-order valence-electron chi connectivity index (χ2n) is 3.49. The van der Waals surface area contributed by atoms with Gasteiger partial charge in [-0.3, -0.25) is 0 Å². The van der Waals surface area contributed by atoms with Crippen LogP contribution in [-0.2, 0) is 10.0 Å². The zero-order valence-corrected chi connectivity index (χ0v) is 10.4. The fourth-order valence-corrected chi connectivity index (χ4v) is 2.17. The average molecular weight is 280 g/mol. The number of aliphatic hydroxyl groups excluding tert-OH is 1. The molecule has 0 bridgehead atoms. The molecule has 0 aliphatic carbocycles. The first-order valence-corrected chi connectivity index (χ1v) is 6.59. The van der Waals surface area contributed by atoms with Crippen LogP contribution in [0.3, 0.4) is 0 Å². The Morgan fingerprint density at radius 2 is 1.94 bits per heavy atom. The molecule has 5 nitrogen and oxygen atoms in total. The predicted molar refractivity (Wildman–Crippen MR) is 63.2 cm³/mol. The van der Waals surface area contributed by atoms with Gasteiger partial charge in [0.1, 0.15) is 11.0 Å². The molecule has 1 unspecified atom stereocenters. The first-order valence-electron chi connectivity index (χ1n) is 5.11. The number of benzene rings is 1. The van der Waals surface area contributed by atoms with Crippen LogP contribution in [0.4, 0.5) is 14.5 Å². The number of aliphatic hydroxyl groups is 1. The van der Waals surface area contributed by atoms with E-state index in [0.717, 1.165) is 0 Å². The quantitative estimate of drug-likeness (QED) is 0.714. The average Bonchev–Trinajstić information content (AvgIpc) is 2.36. The van der Waals surface area contributed by atoms with E-state index in [-0.39, 0.29) is 10.6 Å². The number of halogens is 2. The van der Waals surface area contributed by atoms with E-state index in [0.29, 0.717) is 0 Å². The fourth-order valence-electron chi connectivity index (χ4n) is 1.26. The highest BCUT2D eigenvalue weighted by Crippen LogP contribution is 2.20. The minimum atomic E-state index is -3.68. The van der Waals surface area contributed by atoms with Gasteiger partial charge in [-0.15, -0.1) is 0 Å². The Balaban J connectivity index is 2.91. The van der Waals surface area contributed by atoms with Crippen LogP contribution in [0.5, 0.6) is 0 Å². The molecule has 0 saturated carbocycles. The Bertz CT molecular complexity index is 494. The Morgan fingerprint density at radius 1 is 1.33 bits per heavy atom. The van der Waals surface area contributed by atoms with Crippen LogP contribution in [0.15, 0.2) is 29.2 Å². The summed E-state index contributed by atoms with van der Waals surface area (Å²) in [5.74, 6) is 0. The highest BCUT2D eigenvalue weighted by atomic mass is 32.2. The monoisotopic (exact) mass is 280 g/mol. The van der Waals surface area contributed by atoms with Gasteiger partial charge in [-0.1, -0.05) is 12.1 Å². The summed E-state index contributed by atoms with van der Waals surface area (Å²) in [5, 5.41) is 11.4. The van der Waals surface area contributed by atoms with Crippen molar-refractivity contribution in [3.8, 4) is 0 Å². The van der Waals surface area contributed by atoms with Gasteiger partial charge >= 0.3 is 0 Å². The molecule has 0 heterocycles. The third kappa shape index (κ3) is 3.62. The molecule has 3 N–H and O–H groups in total. The maximum Gasteiger partial charge on any atom is 0.265 e. The summed E-state index contributed by atoms with van der Waals surface area (Å²) in [6.07, 6.45) is -4.74. The minimum Gasteiger partial charge on any atom is -0.385 e. The molecule has 8 heteroatoms. The zero-order valence-electron chi connectivity index (χ0n) is 9.60. The summed E-state index contributed by atoms with van der Waals surface area (Å²) in [4.78, 5) is -0.0611. The van der Waals surface area contributed by atoms with Gasteiger partial charge < -0.3 is 10.4 Å². The van der Waals surface area contributed by atoms with Crippen LogP contribution in [0.25, 0.3) is 0 Å². The van der Waals surface area contributed by atoms with Crippen molar-refractivity contribution in [1.29, 1.82) is 0 Å². The molecular formula is C10H14F2N2O3S. The van der Waals surface area contributed by atoms with E-state index in [2.05, 4.69) is 10.0 Å². The predicted octanol–water partition coefficient (Wildman–Crippen LogP) is 0.633. The second-order valence-corrected chi connectivity index (χ2v) is 5.34. The van der Waals surface area contributed by atoms with Crippen LogP contribution in [0, 0.1) is 0 Å². The summed E-state index contributed by atoms with van der Waals surface area (Å²) in [6.45, 7) is -0.437. The molecule has 0 radical (unpaired) electrons. The normalized spacial score (nSPS) is 13.6. The summed E-state index contributed by atoms with van der Waals surface area (Å²) in [5.41, 5.74) is 0.159. The van der Waals surface area contributed by atoms with Crippen LogP contribution in [-0.4, -0.2) is 39.6 Å². The van der Waals surface area contributed by atoms with Crippen molar-refractivity contribution >= 4 is 15.7 Å². The standard InChI is InChI=1S/C10H14F2N2O3S/c1-13-18(16,17)9-5-3-2-4-7(9)14-6-8(15)10(11)12/h2-5,8,10,13-15H,6H2,1H3. The molecule has 1 atom stereocenters. The number of rotatable bonds is 6. The zero-order chi connectivity index (χ0) is 13.8. The molecule has 0 aliphatic heterocycles. The second kappa shape index (κ2) is 6.07. The van der Waals surface area contributed by atoms with Crippen molar-refractivity contribution in [2.45, 2.75) is 17.4 Å². The Morgan fingerprint density at radius 3 is 2.50 bits per heavy atom. The van der Waals surface area contributed by atoms with Gasteiger partial charge in [-0.2, -0.15) is 0 Å². The highest BCUT2D eigenvalue weighted by Gasteiger charge is 2.19. The number of hydrogen-bond acceptors (Lipinski definition) is 4. The van der Waals surface area contributed by atoms with Gasteiger partial charge in [0.25, 0.3) is 6.43 Å². The van der Waals surface area contributed by atoms with E-state index < -0.39 is 29.1 Å². The number of sulfonamides is 1. The lowest BCUT2D eigenvalue weighted by atomic mass is 10.3. The van der Waals surface area contributed by atoms with Crippen molar-refractivity contribution in [1.82, 2.24) is 4.72 Å². The maximum absolute atomic E-state index is 12.1. The number of para-hydroxylation sites is 1. The molecule has 0 aromatic heterocycles. The molecule has 0 aliphatic rings. The van der Waals surface area contributed by atoms with Crippen LogP contribution in [0.2, 0.25) is 0 Å². The van der Waals surface area contributed by atoms with Crippen LogP contribution >= 0.6 is 0 Å². The Labute approximate surface area is 104 Å². The van der Waals surface area contributed by atoms with E-state index in [9.17, 15) is 17.2 Å². The van der Waals surface area contributed by atoms with Gasteiger partial charge in [0, 0.05) is 6.54 Å². The van der Waals surface area contributed by atoms with E-state index in [4.69, 9.17) is 5.11 Å². The van der Waals surface area contributed by atoms with Crippen molar-refractivity contribution in [3.63, 3.8) is 0 Å². The first-order chi connectivity index (χ1) is 8.38. The van der Waals surface area contributed by atoms with E-state index >= 15 is 0 Å². The van der Waals surface area contributed by atoms with Gasteiger partial charge in [-0.05, 0) is 19.2 Å². The maximum atomic E-state index is 12.1. The van der Waals surface area contributed by atoms with E-state index in [1.165, 1.54) is 25.2 Å². The summed E-state index contributed by atoms with van der Waals surface area (Å²) < 4.78 is 49.6. The van der Waals surface area contributed by atoms with Crippen molar-refractivity contribution < 1.29 is 22.3 Å². The molecule has 1 aromatic carbocycles. The van der Waals surface area contributed by atoms with Crippen LogP contribution < -0.4 is 10.0 Å². The number of nitrogens with one attached hydrogen (secondary N) is 2. The lowest BCUT2D eigenvalue weighted by molar-refractivity contribution is 0.00382. The SMILES string of the molecule is CNS(=O)(=O)c1ccccc1NCC(O)C(F)F. The molecule has 0 saturated heterocycles. The molecular weight excluding hydrogens is 266 g/mol. The van der Waals surface area contributed by atoms with Gasteiger partial charge in [0.05, 0.1) is 5.69 Å². The number of anilines is 1. The minimum absolute atomic E-state index is 0.0611. The summed E-state index contributed by atoms with van der Waals surface area (Å²) in [7, 11) is -2.43. The highest BCUT2D eigenvalue weighted by molar-refractivity contribution is 7.89. The molecule has 1 aromatic rings. The lowest BCUT2D eigenvalue weighted by Gasteiger charge is -2.14. The summed E-state index contributed by atoms with van der Waals surface area (Å²) in [6, 6.07) is 5.84. The molecule has 0 amide bonds. The van der Waals surface area contributed by atoms with Gasteiger partial charge in [0.2, 0.25) is 10.0 Å². The first kappa shape index (κ1) is 14.8. The molecule has 18 heavy (non-hydrogen) atoms. The van der Waals surface area contributed by atoms with E-state index in [1.807, 2.05) is 0 Å². The van der Waals surface area contributed by atoms with Crippen LogP contribution in [0.1, 0.15) is 0 Å². The topological polar surface area (TPSA) is 78.4 Å². The molecule has 0 spiro atoms. The van der Waals surface area contributed by atoms with Crippen molar-refractivity contribution in [2.75, 3.05) is 18.9 Å². The van der Waals surface area contributed by atoms with Gasteiger partial charge in [-0.25, -0.2) is 21.9 Å². The van der Waals surface area contributed by atoms with E-state index in [1.54, 1.807) is 6.07 Å². The van der Waals surface area contributed by atoms with Crippen molar-refractivity contribution in [2.24, 2.45) is 0 Å². The molecule has 1 rings (SSSR count). The Kier molecular flexibility index (Phi) is 5.00. The third-order valence-electron chi connectivity index (χ3n) is 2.24. The smallest absolute Gasteiger partial charge is 0.265 e. The third-order valence-corrected chi connectivity index (χ3v) is 3.71. The van der Waals surface area contributed by atoms with Gasteiger partial charge in [0.15, 0.2) is 0 Å². The molecule has 0 fully saturated rings. The fraction of sp³-hybridized carbons (Fsp3) is 0.400. The largest absolute Gasteiger partial charge is 0.385 e. The summed E-state index contributed by atoms with van der Waals surface area (Å²) >= 11 is 0.